The molecule has 4 N–H and O–H groups in total. The van der Waals surface area contributed by atoms with E-state index in [1.165, 1.54) is 17.5 Å². The Hall–Kier alpha value is -5.49. The number of aryl methyl sites for hydroxylation is 3. The largest absolute Gasteiger partial charge is 0.391 e. The van der Waals surface area contributed by atoms with Crippen LogP contribution in [0.3, 0.4) is 0 Å². The van der Waals surface area contributed by atoms with Gasteiger partial charge in [-0.15, -0.1) is 11.3 Å². The molecule has 0 unspecified atom stereocenters. The highest BCUT2D eigenvalue weighted by molar-refractivity contribution is 7.17. The molecule has 7 rings (SSSR count). The summed E-state index contributed by atoms with van der Waals surface area (Å²) in [5, 5.41) is 20.8. The normalized spacial score (nSPS) is 16.6. The van der Waals surface area contributed by atoms with Gasteiger partial charge in [-0.25, -0.2) is 19.9 Å². The van der Waals surface area contributed by atoms with Gasteiger partial charge in [0.05, 0.1) is 39.1 Å². The van der Waals surface area contributed by atoms with Crippen LogP contribution in [0.25, 0.3) is 10.4 Å². The molecule has 2 aromatic carbocycles. The molecule has 4 amide bonds. The Morgan fingerprint density at radius 2 is 1.61 bits per heavy atom. The van der Waals surface area contributed by atoms with Crippen molar-refractivity contribution in [2.75, 3.05) is 48.3 Å². The minimum Gasteiger partial charge on any atom is -0.391 e. The lowest BCUT2D eigenvalue weighted by Crippen LogP contribution is -2.49. The number of anilines is 4. The first-order valence-electron chi connectivity index (χ1n) is 24.5. The van der Waals surface area contributed by atoms with E-state index in [4.69, 9.17) is 11.6 Å². The van der Waals surface area contributed by atoms with E-state index in [1.807, 2.05) is 73.6 Å². The topological polar surface area (TPSA) is 186 Å². The lowest BCUT2D eigenvalue weighted by Gasteiger charge is -2.35. The number of nitrogens with zero attached hydrogens (tertiary/aromatic N) is 7. The van der Waals surface area contributed by atoms with Crippen LogP contribution in [0.15, 0.2) is 60.2 Å². The summed E-state index contributed by atoms with van der Waals surface area (Å²) in [6, 6.07) is 14.7. The van der Waals surface area contributed by atoms with Crippen molar-refractivity contribution in [3.63, 3.8) is 0 Å². The second kappa shape index (κ2) is 24.1. The van der Waals surface area contributed by atoms with Crippen LogP contribution in [-0.4, -0.2) is 103 Å². The molecule has 374 valence electrons. The molecule has 0 radical (unpaired) electrons. The van der Waals surface area contributed by atoms with Gasteiger partial charge in [0.15, 0.2) is 5.13 Å². The number of aromatic nitrogens is 4. The quantitative estimate of drug-likeness (QED) is 0.0544. The number of hydrogen-bond donors (Lipinski definition) is 4. The van der Waals surface area contributed by atoms with E-state index in [9.17, 15) is 24.3 Å². The molecule has 2 saturated heterocycles. The van der Waals surface area contributed by atoms with Crippen molar-refractivity contribution in [3.05, 3.63) is 92.8 Å². The van der Waals surface area contributed by atoms with E-state index in [0.29, 0.717) is 71.5 Å². The highest BCUT2D eigenvalue weighted by Crippen LogP contribution is 2.35. The number of para-hydroxylation sites is 1. The number of carbonyl (C=O) groups is 4. The zero-order chi connectivity index (χ0) is 50.0. The van der Waals surface area contributed by atoms with Gasteiger partial charge < -0.3 is 35.8 Å². The molecular weight excluding hydrogens is 944 g/mol. The molecule has 3 atom stereocenters. The Morgan fingerprint density at radius 3 is 2.30 bits per heavy atom. The Labute approximate surface area is 424 Å². The van der Waals surface area contributed by atoms with Crippen molar-refractivity contribution < 1.29 is 24.3 Å². The van der Waals surface area contributed by atoms with Crippen molar-refractivity contribution in [1.82, 2.24) is 35.1 Å². The number of aliphatic hydroxyl groups excluding tert-OH is 1. The average Bonchev–Trinajstić information content (AvgIpc) is 4.09. The third kappa shape index (κ3) is 13.9. The lowest BCUT2D eigenvalue weighted by atomic mass is 9.76. The number of β-amino-alcohol motifs (C(OH)–C–C–N with tert-alkyl or cyclic N) is 1. The zero-order valence-electron chi connectivity index (χ0n) is 41.2. The van der Waals surface area contributed by atoms with Crippen molar-refractivity contribution in [2.24, 2.45) is 11.3 Å². The number of hydrogen-bond acceptors (Lipinski definition) is 13. The van der Waals surface area contributed by atoms with E-state index in [2.05, 4.69) is 61.6 Å². The third-order valence-corrected chi connectivity index (χ3v) is 15.4. The Kier molecular flexibility index (Phi) is 18.0. The summed E-state index contributed by atoms with van der Waals surface area (Å²) in [4.78, 5) is 79.0. The maximum atomic E-state index is 14.1. The number of carbonyl (C=O) groups excluding carboxylic acids is 4. The number of amides is 4. The van der Waals surface area contributed by atoms with Gasteiger partial charge in [-0.3, -0.25) is 19.2 Å². The van der Waals surface area contributed by atoms with Crippen LogP contribution in [-0.2, 0) is 20.9 Å². The van der Waals surface area contributed by atoms with E-state index in [1.54, 1.807) is 22.3 Å². The summed E-state index contributed by atoms with van der Waals surface area (Å²) in [6.07, 6.45) is 9.25. The molecule has 5 heterocycles. The molecule has 2 aliphatic heterocycles. The number of thiazole rings is 2. The van der Waals surface area contributed by atoms with Crippen LogP contribution in [0.1, 0.15) is 117 Å². The van der Waals surface area contributed by atoms with Gasteiger partial charge in [-0.05, 0) is 61.8 Å². The SMILES string of the molecule is Cc1nc(Nc2ncc(C(=O)Nc3c(C)cccc3Cl)s2)cc(N2CCN(C(=O)CCCCCCCCC[C@H](C(=O)N3C[C@H](O)C[C@H]3C(=O)NCc3ccc(-c4scnc4C)cc3)C(C)(C)C)CC2)n1. The second-order valence-corrected chi connectivity index (χ2v) is 21.9. The Morgan fingerprint density at radius 1 is 0.900 bits per heavy atom. The van der Waals surface area contributed by atoms with E-state index >= 15 is 0 Å². The summed E-state index contributed by atoms with van der Waals surface area (Å²) in [6.45, 7) is 15.0. The van der Waals surface area contributed by atoms with Gasteiger partial charge in [0, 0.05) is 64.1 Å². The smallest absolute Gasteiger partial charge is 0.267 e. The van der Waals surface area contributed by atoms with Crippen molar-refractivity contribution >= 4 is 80.4 Å². The van der Waals surface area contributed by atoms with Gasteiger partial charge in [0.1, 0.15) is 28.4 Å². The van der Waals surface area contributed by atoms with Crippen LogP contribution in [0.2, 0.25) is 5.02 Å². The first-order valence-corrected chi connectivity index (χ1v) is 26.5. The highest BCUT2D eigenvalue weighted by atomic mass is 35.5. The maximum Gasteiger partial charge on any atom is 0.267 e. The minimum absolute atomic E-state index is 0.0532. The summed E-state index contributed by atoms with van der Waals surface area (Å²) in [5.41, 5.74) is 6.03. The fraction of sp³-hybridized carbons (Fsp3) is 0.500. The van der Waals surface area contributed by atoms with Crippen LogP contribution in [0.5, 0.6) is 0 Å². The standard InChI is InChI=1S/C52H67ClN10O5S2/c1-33-15-14-17-40(53)46(33)60-49(67)42-30-55-51(70-42)59-43-28-44(58-35(3)57-43)61-23-25-62(26-24-61)45(65)18-13-11-9-7-8-10-12-16-39(52(4,5)6)50(68)63-31-38(64)27-41(63)48(66)54-29-36-19-21-37(22-20-36)47-34(2)56-32-69-47/h14-15,17,19-22,28,30,32,38-39,41,64H,7-13,16,18,23-27,29,31H2,1-6H3,(H,54,66)(H,60,67)(H,55,57,58,59)/t38-,39-,41+/m1/s1. The molecule has 5 aromatic rings. The Bertz CT molecular complexity index is 2570. The number of halogens is 1. The predicted octanol–water partition coefficient (Wildman–Crippen LogP) is 9.73. The fourth-order valence-electron chi connectivity index (χ4n) is 9.23. The van der Waals surface area contributed by atoms with Crippen LogP contribution < -0.4 is 20.9 Å². The second-order valence-electron chi connectivity index (χ2n) is 19.6. The summed E-state index contributed by atoms with van der Waals surface area (Å²) < 4.78 is 0. The van der Waals surface area contributed by atoms with Crippen LogP contribution in [0, 0.1) is 32.1 Å². The van der Waals surface area contributed by atoms with Gasteiger partial charge in [-0.1, -0.05) is 119 Å². The molecule has 2 fully saturated rings. The lowest BCUT2D eigenvalue weighted by molar-refractivity contribution is -0.145. The Balaban J connectivity index is 0.776. The van der Waals surface area contributed by atoms with Crippen molar-refractivity contribution in [3.8, 4) is 10.4 Å². The first-order chi connectivity index (χ1) is 33.5. The predicted molar refractivity (Wildman–Crippen MR) is 280 cm³/mol. The molecule has 0 aliphatic carbocycles. The van der Waals surface area contributed by atoms with E-state index < -0.39 is 12.1 Å². The number of nitrogens with one attached hydrogen (secondary N) is 3. The van der Waals surface area contributed by atoms with Crippen LogP contribution >= 0.6 is 34.3 Å². The van der Waals surface area contributed by atoms with Crippen molar-refractivity contribution in [2.45, 2.75) is 124 Å². The minimum atomic E-state index is -0.734. The molecule has 70 heavy (non-hydrogen) atoms. The first kappa shape index (κ1) is 52.3. The zero-order valence-corrected chi connectivity index (χ0v) is 43.6. The molecule has 0 bridgehead atoms. The van der Waals surface area contributed by atoms with Gasteiger partial charge in [0.25, 0.3) is 5.91 Å². The van der Waals surface area contributed by atoms with Crippen molar-refractivity contribution in [1.29, 1.82) is 0 Å². The number of benzene rings is 2. The number of rotatable bonds is 20. The summed E-state index contributed by atoms with van der Waals surface area (Å²) in [7, 11) is 0. The van der Waals surface area contributed by atoms with Crippen LogP contribution in [0.4, 0.5) is 22.5 Å². The molecule has 18 heteroatoms. The number of unbranched alkanes of at least 4 members (excludes halogenated alkanes) is 6. The number of likely N-dealkylation sites (tertiary alicyclic amines) is 1. The summed E-state index contributed by atoms with van der Waals surface area (Å²) in [5.74, 6) is 1.27. The highest BCUT2D eigenvalue weighted by Gasteiger charge is 2.43. The average molecular weight is 1010 g/mol. The molecule has 2 aliphatic rings. The molecule has 15 nitrogen and oxygen atoms in total. The third-order valence-electron chi connectivity index (χ3n) is 13.2. The fourth-order valence-corrected chi connectivity index (χ4v) is 11.0. The van der Waals surface area contributed by atoms with E-state index in [-0.39, 0.29) is 47.9 Å². The van der Waals surface area contributed by atoms with Gasteiger partial charge in [-0.2, -0.15) is 0 Å². The maximum absolute atomic E-state index is 14.1. The van der Waals surface area contributed by atoms with Gasteiger partial charge in [0.2, 0.25) is 17.7 Å². The monoisotopic (exact) mass is 1010 g/mol. The molecule has 3 aromatic heterocycles. The summed E-state index contributed by atoms with van der Waals surface area (Å²) >= 11 is 9.12. The molecule has 0 spiro atoms. The molecular formula is C52H67ClN10O5S2. The number of aliphatic hydroxyl groups is 1. The van der Waals surface area contributed by atoms with E-state index in [0.717, 1.165) is 84.4 Å². The van der Waals surface area contributed by atoms with Gasteiger partial charge >= 0.3 is 0 Å². The molecule has 0 saturated carbocycles. The number of piperazine rings is 1.